The highest BCUT2D eigenvalue weighted by Gasteiger charge is 2.17. The summed E-state index contributed by atoms with van der Waals surface area (Å²) in [5.74, 6) is 0.917. The summed E-state index contributed by atoms with van der Waals surface area (Å²) in [6, 6.07) is 7.88. The van der Waals surface area contributed by atoms with Crippen molar-refractivity contribution in [2.75, 3.05) is 11.9 Å². The lowest BCUT2D eigenvalue weighted by Crippen LogP contribution is -2.01. The molecule has 92 valence electrons. The minimum absolute atomic E-state index is 0.519. The monoisotopic (exact) mass is 277 g/mol. The number of halogens is 1. The largest absolute Gasteiger partial charge is 0.369 e. The van der Waals surface area contributed by atoms with E-state index < -0.39 is 0 Å². The quantitative estimate of drug-likeness (QED) is 0.827. The van der Waals surface area contributed by atoms with Crippen LogP contribution in [0, 0.1) is 4.77 Å². The van der Waals surface area contributed by atoms with E-state index in [1.165, 1.54) is 5.56 Å². The summed E-state index contributed by atoms with van der Waals surface area (Å²) in [6.07, 6.45) is 1.74. The van der Waals surface area contributed by atoms with Gasteiger partial charge in [-0.1, -0.05) is 29.8 Å². The van der Waals surface area contributed by atoms with Gasteiger partial charge in [-0.15, -0.1) is 0 Å². The van der Waals surface area contributed by atoms with E-state index in [1.54, 1.807) is 0 Å². The van der Waals surface area contributed by atoms with Crippen LogP contribution in [0.4, 0.5) is 5.82 Å². The molecular formula is C13H12ClN3S. The van der Waals surface area contributed by atoms with Gasteiger partial charge >= 0.3 is 0 Å². The predicted octanol–water partition coefficient (Wildman–Crippen LogP) is 3.35. The predicted molar refractivity (Wildman–Crippen MR) is 75.9 cm³/mol. The summed E-state index contributed by atoms with van der Waals surface area (Å²) in [4.78, 5) is 7.48. The topological polar surface area (TPSA) is 40.7 Å². The molecule has 0 saturated carbocycles. The zero-order valence-electron chi connectivity index (χ0n) is 9.66. The summed E-state index contributed by atoms with van der Waals surface area (Å²) in [6.45, 7) is 0.921. The fraction of sp³-hybridized carbons (Fsp3) is 0.231. The van der Waals surface area contributed by atoms with Gasteiger partial charge in [-0.05, 0) is 30.3 Å². The number of aromatic amines is 1. The van der Waals surface area contributed by atoms with Crippen LogP contribution in [0.3, 0.4) is 0 Å². The zero-order valence-corrected chi connectivity index (χ0v) is 11.2. The van der Waals surface area contributed by atoms with Crippen LogP contribution in [0.1, 0.15) is 16.8 Å². The second kappa shape index (κ2) is 4.71. The first kappa shape index (κ1) is 11.7. The maximum absolute atomic E-state index is 6.19. The highest BCUT2D eigenvalue weighted by molar-refractivity contribution is 7.71. The number of hydrogen-bond acceptors (Lipinski definition) is 3. The number of aromatic nitrogens is 2. The molecule has 1 aromatic heterocycles. The van der Waals surface area contributed by atoms with Crippen LogP contribution in [0.15, 0.2) is 24.3 Å². The first-order valence-corrected chi connectivity index (χ1v) is 6.62. The summed E-state index contributed by atoms with van der Waals surface area (Å²) >= 11 is 11.3. The van der Waals surface area contributed by atoms with Crippen molar-refractivity contribution >= 4 is 29.6 Å². The molecule has 0 amide bonds. The molecule has 0 bridgehead atoms. The summed E-state index contributed by atoms with van der Waals surface area (Å²) < 4.78 is 0.519. The molecule has 5 heteroatoms. The molecule has 0 saturated heterocycles. The Kier molecular flexibility index (Phi) is 3.06. The Balaban J connectivity index is 2.04. The second-order valence-corrected chi connectivity index (χ2v) is 5.09. The van der Waals surface area contributed by atoms with Crippen LogP contribution in [0.5, 0.6) is 0 Å². The smallest absolute Gasteiger partial charge is 0.198 e. The molecular weight excluding hydrogens is 266 g/mol. The maximum atomic E-state index is 6.19. The highest BCUT2D eigenvalue weighted by atomic mass is 35.5. The van der Waals surface area contributed by atoms with Gasteiger partial charge in [0.05, 0.1) is 0 Å². The number of rotatable bonds is 2. The van der Waals surface area contributed by atoms with Gasteiger partial charge in [-0.25, -0.2) is 4.98 Å². The Morgan fingerprint density at radius 1 is 1.33 bits per heavy atom. The average molecular weight is 278 g/mol. The first-order chi connectivity index (χ1) is 8.74. The van der Waals surface area contributed by atoms with Gasteiger partial charge in [-0.3, -0.25) is 0 Å². The maximum Gasteiger partial charge on any atom is 0.198 e. The fourth-order valence-corrected chi connectivity index (χ4v) is 2.67. The lowest BCUT2D eigenvalue weighted by Gasteiger charge is -2.08. The number of nitrogens with zero attached hydrogens (tertiary/aromatic N) is 1. The summed E-state index contributed by atoms with van der Waals surface area (Å²) in [7, 11) is 0. The SMILES string of the molecule is S=c1nc2c(c(Cc3ccccc3Cl)[nH]1)CCN2. The minimum atomic E-state index is 0.519. The molecule has 2 heterocycles. The lowest BCUT2D eigenvalue weighted by molar-refractivity contribution is 0.971. The third-order valence-corrected chi connectivity index (χ3v) is 3.68. The van der Waals surface area contributed by atoms with Gasteiger partial charge in [0.25, 0.3) is 0 Å². The van der Waals surface area contributed by atoms with Crippen molar-refractivity contribution in [2.45, 2.75) is 12.8 Å². The number of anilines is 1. The van der Waals surface area contributed by atoms with E-state index in [1.807, 2.05) is 24.3 Å². The highest BCUT2D eigenvalue weighted by Crippen LogP contribution is 2.25. The molecule has 1 aliphatic heterocycles. The van der Waals surface area contributed by atoms with Crippen LogP contribution in [0.2, 0.25) is 5.02 Å². The van der Waals surface area contributed by atoms with Crippen molar-refractivity contribution in [3.63, 3.8) is 0 Å². The van der Waals surface area contributed by atoms with Crippen molar-refractivity contribution in [1.29, 1.82) is 0 Å². The van der Waals surface area contributed by atoms with E-state index in [-0.39, 0.29) is 0 Å². The van der Waals surface area contributed by atoms with Crippen LogP contribution in [-0.2, 0) is 12.8 Å². The molecule has 0 aliphatic carbocycles. The molecule has 1 aliphatic rings. The first-order valence-electron chi connectivity index (χ1n) is 5.83. The molecule has 0 atom stereocenters. The normalized spacial score (nSPS) is 13.2. The van der Waals surface area contributed by atoms with Crippen molar-refractivity contribution in [1.82, 2.24) is 9.97 Å². The van der Waals surface area contributed by atoms with Gasteiger partial charge in [0, 0.05) is 29.2 Å². The molecule has 18 heavy (non-hydrogen) atoms. The molecule has 2 N–H and O–H groups in total. The lowest BCUT2D eigenvalue weighted by atomic mass is 10.1. The number of hydrogen-bond donors (Lipinski definition) is 2. The number of fused-ring (bicyclic) bond motifs is 1. The van der Waals surface area contributed by atoms with Crippen molar-refractivity contribution in [3.8, 4) is 0 Å². The molecule has 1 aromatic carbocycles. The average Bonchev–Trinajstić information content (AvgIpc) is 2.80. The molecule has 0 radical (unpaired) electrons. The Morgan fingerprint density at radius 2 is 2.17 bits per heavy atom. The van der Waals surface area contributed by atoms with E-state index in [9.17, 15) is 0 Å². The van der Waals surface area contributed by atoms with E-state index in [0.717, 1.165) is 41.5 Å². The van der Waals surface area contributed by atoms with E-state index in [2.05, 4.69) is 15.3 Å². The van der Waals surface area contributed by atoms with Crippen LogP contribution in [-0.4, -0.2) is 16.5 Å². The van der Waals surface area contributed by atoms with E-state index >= 15 is 0 Å². The molecule has 0 fully saturated rings. The van der Waals surface area contributed by atoms with Crippen molar-refractivity contribution < 1.29 is 0 Å². The number of benzene rings is 1. The third kappa shape index (κ3) is 2.13. The number of nitrogens with one attached hydrogen (secondary N) is 2. The molecule has 3 rings (SSSR count). The van der Waals surface area contributed by atoms with E-state index in [4.69, 9.17) is 23.8 Å². The Labute approximate surface area is 115 Å². The standard InChI is InChI=1S/C13H12ClN3S/c14-10-4-2-1-3-8(10)7-11-9-5-6-15-12(9)17-13(18)16-11/h1-4H,5-7H2,(H2,15,16,17,18). The van der Waals surface area contributed by atoms with Gasteiger partial charge in [0.2, 0.25) is 0 Å². The second-order valence-electron chi connectivity index (χ2n) is 4.29. The minimum Gasteiger partial charge on any atom is -0.369 e. The van der Waals surface area contributed by atoms with Crippen molar-refractivity contribution in [2.24, 2.45) is 0 Å². The molecule has 2 aromatic rings. The molecule has 0 spiro atoms. The van der Waals surface area contributed by atoms with Crippen LogP contribution in [0.25, 0.3) is 0 Å². The van der Waals surface area contributed by atoms with Gasteiger partial charge in [0.15, 0.2) is 4.77 Å². The Morgan fingerprint density at radius 3 is 3.00 bits per heavy atom. The van der Waals surface area contributed by atoms with E-state index in [0.29, 0.717) is 4.77 Å². The summed E-state index contributed by atoms with van der Waals surface area (Å²) in [5, 5.41) is 4.04. The Bertz CT molecular complexity index is 651. The van der Waals surface area contributed by atoms with Gasteiger partial charge < -0.3 is 10.3 Å². The van der Waals surface area contributed by atoms with Crippen LogP contribution >= 0.6 is 23.8 Å². The summed E-state index contributed by atoms with van der Waals surface area (Å²) in [5.41, 5.74) is 3.44. The van der Waals surface area contributed by atoms with Crippen molar-refractivity contribution in [3.05, 3.63) is 50.9 Å². The molecule has 3 nitrogen and oxygen atoms in total. The third-order valence-electron chi connectivity index (χ3n) is 3.11. The number of H-pyrrole nitrogens is 1. The van der Waals surface area contributed by atoms with Gasteiger partial charge in [-0.2, -0.15) is 0 Å². The molecule has 0 unspecified atom stereocenters. The zero-order chi connectivity index (χ0) is 12.5. The van der Waals surface area contributed by atoms with Gasteiger partial charge in [0.1, 0.15) is 5.82 Å². The Hall–Kier alpha value is -1.39. The fourth-order valence-electron chi connectivity index (χ4n) is 2.25. The van der Waals surface area contributed by atoms with Crippen LogP contribution < -0.4 is 5.32 Å².